The maximum atomic E-state index is 5.27. The van der Waals surface area contributed by atoms with Crippen LogP contribution in [-0.2, 0) is 0 Å². The Balaban J connectivity index is 1.00. The highest BCUT2D eigenvalue weighted by molar-refractivity contribution is 9.10. The number of nitrogens with zero attached hydrogens (tertiary/aromatic N) is 6. The van der Waals surface area contributed by atoms with Gasteiger partial charge in [0.2, 0.25) is 0 Å². The highest BCUT2D eigenvalue weighted by Gasteiger charge is 2.14. The topological polar surface area (TPSA) is 77.3 Å². The molecule has 0 aliphatic heterocycles. The summed E-state index contributed by atoms with van der Waals surface area (Å²) in [6.45, 7) is 0. The molecule has 0 saturated carbocycles. The fourth-order valence-electron chi connectivity index (χ4n) is 7.63. The summed E-state index contributed by atoms with van der Waals surface area (Å²) in [6, 6.07) is 50.1. The molecule has 262 valence electrons. The van der Waals surface area contributed by atoms with E-state index in [2.05, 4.69) is 175 Å². The van der Waals surface area contributed by atoms with E-state index < -0.39 is 0 Å². The Bertz CT molecular complexity index is 3190. The van der Waals surface area contributed by atoms with E-state index in [1.807, 2.05) is 24.5 Å². The van der Waals surface area contributed by atoms with Crippen LogP contribution >= 0.6 is 31.9 Å². The summed E-state index contributed by atoms with van der Waals surface area (Å²) in [7, 11) is 0. The van der Waals surface area contributed by atoms with Crippen molar-refractivity contribution in [1.82, 2.24) is 29.9 Å². The molecule has 0 radical (unpaired) electrons. The second-order valence-corrected chi connectivity index (χ2v) is 15.7. The van der Waals surface area contributed by atoms with Crippen LogP contribution in [0.15, 0.2) is 167 Å². The number of aromatic nitrogens is 6. The summed E-state index contributed by atoms with van der Waals surface area (Å²) in [6.07, 6.45) is 3.64. The minimum atomic E-state index is 0.843. The Morgan fingerprint density at radius 2 is 0.554 bits per heavy atom. The van der Waals surface area contributed by atoms with E-state index in [1.54, 1.807) is 0 Å². The van der Waals surface area contributed by atoms with Crippen LogP contribution in [0.3, 0.4) is 0 Å². The van der Waals surface area contributed by atoms with Crippen LogP contribution in [0.5, 0.6) is 0 Å². The van der Waals surface area contributed by atoms with Crippen LogP contribution in [0, 0.1) is 0 Å². The highest BCUT2D eigenvalue weighted by Crippen LogP contribution is 2.35. The van der Waals surface area contributed by atoms with Crippen molar-refractivity contribution in [3.8, 4) is 45.0 Å². The zero-order chi connectivity index (χ0) is 37.3. The predicted molar refractivity (Wildman–Crippen MR) is 235 cm³/mol. The van der Waals surface area contributed by atoms with E-state index in [0.717, 1.165) is 119 Å². The smallest absolute Gasteiger partial charge is 0.0972 e. The summed E-state index contributed by atoms with van der Waals surface area (Å²) in [5.41, 5.74) is 12.6. The quantitative estimate of drug-likeness (QED) is 0.164. The SMILES string of the molecule is Brc1cc(-c2ccc3ccc4cccnc4c3n2)cc(-c2ccc3ccc4ccc(-c5cc(Br)cc(-c6ccc7ccc8cccnc8c7n6)c5)nc4c3n2)c1. The fraction of sp³-hybridized carbons (Fsp3) is 0. The van der Waals surface area contributed by atoms with Crippen molar-refractivity contribution in [3.63, 3.8) is 0 Å². The van der Waals surface area contributed by atoms with Gasteiger partial charge in [-0.15, -0.1) is 0 Å². The van der Waals surface area contributed by atoms with E-state index in [4.69, 9.17) is 19.9 Å². The molecule has 0 saturated heterocycles. The third-order valence-electron chi connectivity index (χ3n) is 10.4. The van der Waals surface area contributed by atoms with Crippen molar-refractivity contribution in [2.45, 2.75) is 0 Å². The summed E-state index contributed by atoms with van der Waals surface area (Å²) >= 11 is 7.56. The van der Waals surface area contributed by atoms with Gasteiger partial charge in [0.15, 0.2) is 0 Å². The van der Waals surface area contributed by atoms with Crippen molar-refractivity contribution in [3.05, 3.63) is 167 Å². The van der Waals surface area contributed by atoms with Crippen LogP contribution in [-0.4, -0.2) is 29.9 Å². The molecule has 0 aliphatic carbocycles. The number of benzene rings is 5. The van der Waals surface area contributed by atoms with E-state index >= 15 is 0 Å². The molecule has 8 heteroatoms. The maximum absolute atomic E-state index is 5.27. The van der Waals surface area contributed by atoms with Gasteiger partial charge in [-0.25, -0.2) is 19.9 Å². The Morgan fingerprint density at radius 3 is 0.875 bits per heavy atom. The van der Waals surface area contributed by atoms with Crippen LogP contribution in [0.1, 0.15) is 0 Å². The molecule has 11 aromatic rings. The molecule has 0 aliphatic rings. The van der Waals surface area contributed by atoms with Gasteiger partial charge in [-0.05, 0) is 72.8 Å². The number of rotatable bonds is 4. The first-order valence-corrected chi connectivity index (χ1v) is 19.7. The molecule has 0 atom stereocenters. The number of hydrogen-bond acceptors (Lipinski definition) is 6. The van der Waals surface area contributed by atoms with Crippen LogP contribution in [0.4, 0.5) is 0 Å². The lowest BCUT2D eigenvalue weighted by Gasteiger charge is -2.11. The second-order valence-electron chi connectivity index (χ2n) is 13.9. The lowest BCUT2D eigenvalue weighted by molar-refractivity contribution is 1.35. The molecule has 0 amide bonds. The van der Waals surface area contributed by atoms with Gasteiger partial charge in [0, 0.05) is 75.9 Å². The Kier molecular flexibility index (Phi) is 7.69. The average molecular weight is 847 g/mol. The molecule has 0 spiro atoms. The second kappa shape index (κ2) is 13.1. The largest absolute Gasteiger partial charge is 0.254 e. The molecule has 0 unspecified atom stereocenters. The third-order valence-corrected chi connectivity index (χ3v) is 11.3. The van der Waals surface area contributed by atoms with Crippen LogP contribution < -0.4 is 0 Å². The Hall–Kier alpha value is -6.48. The van der Waals surface area contributed by atoms with Gasteiger partial charge in [0.25, 0.3) is 0 Å². The minimum Gasteiger partial charge on any atom is -0.254 e. The van der Waals surface area contributed by atoms with E-state index in [1.165, 1.54) is 0 Å². The van der Waals surface area contributed by atoms with Gasteiger partial charge in [0.1, 0.15) is 0 Å². The fourth-order valence-corrected chi connectivity index (χ4v) is 8.62. The van der Waals surface area contributed by atoms with E-state index in [-0.39, 0.29) is 0 Å². The maximum Gasteiger partial charge on any atom is 0.0972 e. The Morgan fingerprint density at radius 1 is 0.286 bits per heavy atom. The molecule has 0 N–H and O–H groups in total. The normalized spacial score (nSPS) is 11.8. The molecular weight excluding hydrogens is 820 g/mol. The van der Waals surface area contributed by atoms with Crippen LogP contribution in [0.25, 0.3) is 110 Å². The van der Waals surface area contributed by atoms with Crippen molar-refractivity contribution < 1.29 is 0 Å². The molecule has 6 heterocycles. The first-order chi connectivity index (χ1) is 27.5. The van der Waals surface area contributed by atoms with Gasteiger partial charge in [0.05, 0.1) is 55.9 Å². The van der Waals surface area contributed by atoms with Gasteiger partial charge in [-0.3, -0.25) is 9.97 Å². The third kappa shape index (κ3) is 5.68. The average Bonchev–Trinajstić information content (AvgIpc) is 3.25. The zero-order valence-electron chi connectivity index (χ0n) is 29.5. The summed E-state index contributed by atoms with van der Waals surface area (Å²) in [5.74, 6) is 0. The molecule has 0 bridgehead atoms. The number of hydrogen-bond donors (Lipinski definition) is 0. The molecule has 56 heavy (non-hydrogen) atoms. The van der Waals surface area contributed by atoms with Crippen molar-refractivity contribution in [2.24, 2.45) is 0 Å². The Labute approximate surface area is 337 Å². The molecule has 6 nitrogen and oxygen atoms in total. The summed E-state index contributed by atoms with van der Waals surface area (Å²) in [5, 5.41) is 6.29. The summed E-state index contributed by atoms with van der Waals surface area (Å²) in [4.78, 5) is 30.1. The van der Waals surface area contributed by atoms with Gasteiger partial charge in [-0.2, -0.15) is 0 Å². The molecule has 0 fully saturated rings. The summed E-state index contributed by atoms with van der Waals surface area (Å²) < 4.78 is 1.89. The lowest BCUT2D eigenvalue weighted by atomic mass is 10.0. The van der Waals surface area contributed by atoms with E-state index in [0.29, 0.717) is 0 Å². The van der Waals surface area contributed by atoms with Gasteiger partial charge in [-0.1, -0.05) is 105 Å². The van der Waals surface area contributed by atoms with Crippen molar-refractivity contribution >= 4 is 97.3 Å². The minimum absolute atomic E-state index is 0.843. The van der Waals surface area contributed by atoms with E-state index in [9.17, 15) is 0 Å². The monoisotopic (exact) mass is 844 g/mol. The number of fused-ring (bicyclic) bond motifs is 9. The van der Waals surface area contributed by atoms with Gasteiger partial charge >= 0.3 is 0 Å². The number of halogens is 2. The zero-order valence-corrected chi connectivity index (χ0v) is 32.6. The first-order valence-electron chi connectivity index (χ1n) is 18.1. The van der Waals surface area contributed by atoms with Crippen molar-refractivity contribution in [2.75, 3.05) is 0 Å². The molecule has 5 aromatic carbocycles. The predicted octanol–water partition coefficient (Wildman–Crippen LogP) is 13.2. The first kappa shape index (κ1) is 32.9. The van der Waals surface area contributed by atoms with Gasteiger partial charge < -0.3 is 0 Å². The van der Waals surface area contributed by atoms with Crippen LogP contribution in [0.2, 0.25) is 0 Å². The van der Waals surface area contributed by atoms with Crippen molar-refractivity contribution in [1.29, 1.82) is 0 Å². The number of pyridine rings is 6. The molecule has 11 rings (SSSR count). The molecular formula is C48H26Br2N6. The lowest BCUT2D eigenvalue weighted by Crippen LogP contribution is -1.93. The molecule has 6 aromatic heterocycles. The highest BCUT2D eigenvalue weighted by atomic mass is 79.9. The standard InChI is InChI=1S/C48H26Br2N6/c49-37-23-33(39-15-11-29-7-5-27-3-1-19-51-43(27)45(29)53-39)21-35(25-37)41-17-13-31-9-10-32-14-18-42(56-48(32)47(31)55-41)36-22-34(24-38(50)26-36)40-16-12-30-8-6-28-4-2-20-52-44(28)46(30)54-40/h1-26H.